The summed E-state index contributed by atoms with van der Waals surface area (Å²) in [5.74, 6) is -2.86. The molecule has 0 spiro atoms. The third-order valence-electron chi connectivity index (χ3n) is 6.63. The van der Waals surface area contributed by atoms with E-state index in [9.17, 15) is 14.7 Å². The van der Waals surface area contributed by atoms with Crippen molar-refractivity contribution in [2.45, 2.75) is 37.3 Å². The van der Waals surface area contributed by atoms with E-state index in [2.05, 4.69) is 4.99 Å². The second-order valence-electron chi connectivity index (χ2n) is 8.89. The molecule has 1 aliphatic carbocycles. The Labute approximate surface area is 210 Å². The van der Waals surface area contributed by atoms with E-state index < -0.39 is 23.1 Å². The van der Waals surface area contributed by atoms with Gasteiger partial charge in [-0.15, -0.1) is 0 Å². The number of halogens is 4. The van der Waals surface area contributed by atoms with Gasteiger partial charge in [-0.25, -0.2) is 9.18 Å². The molecule has 2 aromatic carbocycles. The fourth-order valence-corrected chi connectivity index (χ4v) is 5.58. The third-order valence-corrected chi connectivity index (χ3v) is 7.55. The largest absolute Gasteiger partial charge is 0.479 e. The summed E-state index contributed by atoms with van der Waals surface area (Å²) in [7, 11) is 0. The van der Waals surface area contributed by atoms with E-state index in [1.807, 2.05) is 9.80 Å². The monoisotopic (exact) mass is 523 g/mol. The first-order valence-corrected chi connectivity index (χ1v) is 12.2. The maximum Gasteiger partial charge on any atom is 0.341 e. The van der Waals surface area contributed by atoms with Crippen molar-refractivity contribution in [3.05, 3.63) is 56.3 Å². The normalized spacial score (nSPS) is 22.5. The lowest BCUT2D eigenvalue weighted by Gasteiger charge is -2.40. The number of nitrogens with zero attached hydrogens (tertiary/aromatic N) is 3. The molecule has 10 heteroatoms. The lowest BCUT2D eigenvalue weighted by Crippen LogP contribution is -2.58. The molecule has 178 valence electrons. The Balaban J connectivity index is 1.64. The summed E-state index contributed by atoms with van der Waals surface area (Å²) in [5, 5.41) is 11.0. The topological polar surface area (TPSA) is 73.2 Å². The molecule has 0 aromatic heterocycles. The molecule has 2 aromatic rings. The van der Waals surface area contributed by atoms with Crippen molar-refractivity contribution in [2.24, 2.45) is 4.99 Å². The smallest absolute Gasteiger partial charge is 0.341 e. The van der Waals surface area contributed by atoms with Crippen molar-refractivity contribution in [3.8, 4) is 0 Å². The van der Waals surface area contributed by atoms with Gasteiger partial charge >= 0.3 is 5.97 Å². The van der Waals surface area contributed by atoms with Gasteiger partial charge in [0.25, 0.3) is 0 Å². The van der Waals surface area contributed by atoms with Crippen molar-refractivity contribution in [3.63, 3.8) is 0 Å². The number of aliphatic imine (C=N–C) groups is 1. The number of carboxylic acid groups (broad SMARTS) is 1. The van der Waals surface area contributed by atoms with E-state index in [-0.39, 0.29) is 33.9 Å². The van der Waals surface area contributed by atoms with Crippen LogP contribution in [0.15, 0.2) is 29.3 Å². The fourth-order valence-electron chi connectivity index (χ4n) is 4.71. The number of Topliss-reactive ketones (excluding diaryl/α,β-unsaturated/α-hetero) is 1. The Kier molecular flexibility index (Phi) is 5.99. The summed E-state index contributed by atoms with van der Waals surface area (Å²) >= 11 is 18.9. The van der Waals surface area contributed by atoms with Gasteiger partial charge in [0.1, 0.15) is 5.82 Å². The number of ketones is 1. The number of aliphatic carboxylic acids is 1. The summed E-state index contributed by atoms with van der Waals surface area (Å²) in [4.78, 5) is 34.1. The van der Waals surface area contributed by atoms with Crippen LogP contribution >= 0.6 is 34.8 Å². The van der Waals surface area contributed by atoms with Crippen molar-refractivity contribution >= 4 is 64.1 Å². The minimum Gasteiger partial charge on any atom is -0.479 e. The molecule has 0 radical (unpaired) electrons. The first-order chi connectivity index (χ1) is 16.2. The molecule has 1 saturated carbocycles. The highest BCUT2D eigenvalue weighted by Gasteiger charge is 2.55. The Morgan fingerprint density at radius 1 is 1.15 bits per heavy atom. The molecular formula is C24H21Cl3FN3O3. The van der Waals surface area contributed by atoms with Gasteiger partial charge in [0, 0.05) is 41.5 Å². The molecule has 2 fully saturated rings. The van der Waals surface area contributed by atoms with E-state index in [1.165, 1.54) is 12.3 Å². The molecule has 1 N–H and O–H groups in total. The lowest BCUT2D eigenvalue weighted by molar-refractivity contribution is -0.140. The second kappa shape index (κ2) is 8.70. The molecule has 0 amide bonds. The number of anilines is 2. The van der Waals surface area contributed by atoms with Crippen molar-refractivity contribution in [1.82, 2.24) is 0 Å². The SMILES string of the molecule is O=C(O)C1(N=Cc2ccc(Cl)cc2Cl)CN(C2CC2)c2c(cc(F)c(N3CCCC3)c2Cl)C1=O. The predicted octanol–water partition coefficient (Wildman–Crippen LogP) is 5.49. The third kappa shape index (κ3) is 3.84. The number of rotatable bonds is 5. The Bertz CT molecular complexity index is 1230. The second-order valence-corrected chi connectivity index (χ2v) is 10.1. The zero-order valence-corrected chi connectivity index (χ0v) is 20.3. The van der Waals surface area contributed by atoms with Crippen LogP contribution < -0.4 is 9.80 Å². The van der Waals surface area contributed by atoms with Crippen LogP contribution in [-0.2, 0) is 4.79 Å². The number of carbonyl (C=O) groups excluding carboxylic acids is 1. The molecule has 2 aliphatic heterocycles. The van der Waals surface area contributed by atoms with Crippen molar-refractivity contribution in [2.75, 3.05) is 29.4 Å². The van der Waals surface area contributed by atoms with Gasteiger partial charge in [0.15, 0.2) is 0 Å². The molecule has 3 aliphatic rings. The average molecular weight is 525 g/mol. The van der Waals surface area contributed by atoms with Gasteiger partial charge in [-0.3, -0.25) is 9.79 Å². The Hall–Kier alpha value is -2.35. The molecule has 1 atom stereocenters. The molecule has 0 bridgehead atoms. The van der Waals surface area contributed by atoms with Crippen LogP contribution in [0.2, 0.25) is 15.1 Å². The highest BCUT2D eigenvalue weighted by atomic mass is 35.5. The van der Waals surface area contributed by atoms with Gasteiger partial charge in [-0.2, -0.15) is 0 Å². The zero-order valence-electron chi connectivity index (χ0n) is 18.0. The average Bonchev–Trinajstić information content (AvgIpc) is 3.49. The summed E-state index contributed by atoms with van der Waals surface area (Å²) in [5.41, 5.74) is -1.14. The Morgan fingerprint density at radius 3 is 2.47 bits per heavy atom. The minimum absolute atomic E-state index is 0.00860. The summed E-state index contributed by atoms with van der Waals surface area (Å²) in [6.45, 7) is 1.15. The number of carbonyl (C=O) groups is 2. The van der Waals surface area contributed by atoms with Crippen molar-refractivity contribution in [1.29, 1.82) is 0 Å². The van der Waals surface area contributed by atoms with Crippen LogP contribution in [0.3, 0.4) is 0 Å². The zero-order chi connectivity index (χ0) is 24.2. The van der Waals surface area contributed by atoms with Gasteiger partial charge in [-0.05, 0) is 43.9 Å². The number of hydrogen-bond acceptors (Lipinski definition) is 5. The molecule has 1 saturated heterocycles. The Morgan fingerprint density at radius 2 is 1.85 bits per heavy atom. The van der Waals surface area contributed by atoms with Gasteiger partial charge in [0.05, 0.1) is 28.0 Å². The first kappa shape index (κ1) is 23.4. The maximum atomic E-state index is 15.3. The lowest BCUT2D eigenvalue weighted by atomic mass is 9.83. The van der Waals surface area contributed by atoms with E-state index in [4.69, 9.17) is 34.8 Å². The van der Waals surface area contributed by atoms with Crippen molar-refractivity contribution < 1.29 is 19.1 Å². The fraction of sp³-hybridized carbons (Fsp3) is 0.375. The van der Waals surface area contributed by atoms with Crippen LogP contribution in [0, 0.1) is 5.82 Å². The molecule has 34 heavy (non-hydrogen) atoms. The molecule has 5 rings (SSSR count). The highest BCUT2D eigenvalue weighted by Crippen LogP contribution is 2.49. The van der Waals surface area contributed by atoms with Gasteiger partial charge < -0.3 is 14.9 Å². The minimum atomic E-state index is -2.16. The van der Waals surface area contributed by atoms with E-state index in [0.717, 1.165) is 31.7 Å². The summed E-state index contributed by atoms with van der Waals surface area (Å²) < 4.78 is 15.3. The van der Waals surface area contributed by atoms with E-state index >= 15 is 4.39 Å². The highest BCUT2D eigenvalue weighted by molar-refractivity contribution is 6.38. The van der Waals surface area contributed by atoms with Crippen LogP contribution in [0.5, 0.6) is 0 Å². The summed E-state index contributed by atoms with van der Waals surface area (Å²) in [6, 6.07) is 5.80. The van der Waals surface area contributed by atoms with Gasteiger partial charge in [0.2, 0.25) is 11.3 Å². The number of benzene rings is 2. The summed E-state index contributed by atoms with van der Waals surface area (Å²) in [6.07, 6.45) is 4.77. The number of fused-ring (bicyclic) bond motifs is 1. The standard InChI is InChI=1S/C24H21Cl3FN3O3/c25-14-4-3-13(17(26)9-14)11-29-24(23(33)34)12-31(15-5-6-15)20-16(22(24)32)10-18(28)21(19(20)27)30-7-1-2-8-30/h3-4,9-11,15H,1-2,5-8,12H2,(H,33,34). The van der Waals surface area contributed by atoms with Crippen LogP contribution in [0.4, 0.5) is 15.8 Å². The van der Waals surface area contributed by atoms with E-state index in [0.29, 0.717) is 29.4 Å². The number of carboxylic acids is 1. The molecule has 6 nitrogen and oxygen atoms in total. The molecular weight excluding hydrogens is 504 g/mol. The van der Waals surface area contributed by atoms with Gasteiger partial charge in [-0.1, -0.05) is 40.9 Å². The predicted molar refractivity (Wildman–Crippen MR) is 132 cm³/mol. The molecule has 1 unspecified atom stereocenters. The van der Waals surface area contributed by atoms with Crippen LogP contribution in [0.25, 0.3) is 0 Å². The van der Waals surface area contributed by atoms with Crippen LogP contribution in [0.1, 0.15) is 41.6 Å². The van der Waals surface area contributed by atoms with Crippen LogP contribution in [-0.4, -0.2) is 54.3 Å². The quantitative estimate of drug-likeness (QED) is 0.413. The number of hydrogen-bond donors (Lipinski definition) is 1. The molecule has 2 heterocycles. The van der Waals surface area contributed by atoms with E-state index in [1.54, 1.807) is 12.1 Å². The first-order valence-electron chi connectivity index (χ1n) is 11.0. The maximum absolute atomic E-state index is 15.3.